The Morgan fingerprint density at radius 1 is 1.07 bits per heavy atom. The van der Waals surface area contributed by atoms with Crippen molar-refractivity contribution in [2.45, 2.75) is 23.1 Å². The molecule has 10 heteroatoms. The van der Waals surface area contributed by atoms with Gasteiger partial charge < -0.3 is 5.32 Å². The van der Waals surface area contributed by atoms with E-state index in [-0.39, 0.29) is 39.2 Å². The minimum Gasteiger partial charge on any atom is -0.324 e. The van der Waals surface area contributed by atoms with E-state index in [0.29, 0.717) is 5.56 Å². The first kappa shape index (κ1) is 23.6. The normalized spacial score (nSPS) is 19.4. The van der Waals surface area contributed by atoms with Crippen molar-refractivity contribution >= 4 is 75.4 Å². The fraction of sp³-hybridized carbons (Fsp3) is 0.300. The summed E-state index contributed by atoms with van der Waals surface area (Å²) in [6, 6.07) is 6.83. The fourth-order valence-corrected chi connectivity index (χ4v) is 4.89. The summed E-state index contributed by atoms with van der Waals surface area (Å²) in [7, 11) is 0. The van der Waals surface area contributed by atoms with Crippen molar-refractivity contribution in [1.82, 2.24) is 0 Å². The fourth-order valence-electron chi connectivity index (χ4n) is 3.24. The third-order valence-corrected chi connectivity index (χ3v) is 6.74. The average molecular weight is 516 g/mol. The van der Waals surface area contributed by atoms with Crippen molar-refractivity contribution in [3.05, 3.63) is 62.3 Å². The highest BCUT2D eigenvalue weighted by molar-refractivity contribution is 6.53. The number of alkyl halides is 3. The lowest BCUT2D eigenvalue weighted by Gasteiger charge is -2.12. The van der Waals surface area contributed by atoms with Gasteiger partial charge in [0.2, 0.25) is 5.91 Å². The summed E-state index contributed by atoms with van der Waals surface area (Å²) in [6.45, 7) is -0.651. The lowest BCUT2D eigenvalue weighted by atomic mass is 10.1. The molecule has 3 nitrogen and oxygen atoms in total. The maximum absolute atomic E-state index is 13.4. The van der Waals surface area contributed by atoms with Crippen LogP contribution >= 0.6 is 58.0 Å². The molecule has 2 unspecified atom stereocenters. The van der Waals surface area contributed by atoms with Gasteiger partial charge in [0.15, 0.2) is 5.78 Å². The minimum absolute atomic E-state index is 0.00487. The topological polar surface area (TPSA) is 46.2 Å². The molecule has 2 atom stereocenters. The van der Waals surface area contributed by atoms with E-state index >= 15 is 0 Å². The number of benzene rings is 2. The van der Waals surface area contributed by atoms with Crippen molar-refractivity contribution < 1.29 is 18.4 Å². The number of hydrogen-bond acceptors (Lipinski definition) is 2. The van der Waals surface area contributed by atoms with Gasteiger partial charge in [0.25, 0.3) is 0 Å². The molecule has 30 heavy (non-hydrogen) atoms. The molecule has 0 bridgehead atoms. The zero-order chi connectivity index (χ0) is 22.2. The molecule has 1 fully saturated rings. The molecule has 1 amide bonds. The predicted octanol–water partition coefficient (Wildman–Crippen LogP) is 7.24. The van der Waals surface area contributed by atoms with Gasteiger partial charge in [0, 0.05) is 12.3 Å². The number of Topliss-reactive ketones (excluding diaryl/α,β-unsaturated/α-hetero) is 1. The Hall–Kier alpha value is -1.11. The molecule has 1 saturated carbocycles. The van der Waals surface area contributed by atoms with Crippen molar-refractivity contribution in [3.63, 3.8) is 0 Å². The Balaban J connectivity index is 1.82. The average Bonchev–Trinajstić information content (AvgIpc) is 3.26. The lowest BCUT2D eigenvalue weighted by Crippen LogP contribution is -2.18. The number of carbonyl (C=O) groups excluding carboxylic acids is 2. The maximum Gasteiger partial charge on any atom is 0.231 e. The summed E-state index contributed by atoms with van der Waals surface area (Å²) in [6.07, 6.45) is -0.0388. The molecule has 3 rings (SSSR count). The summed E-state index contributed by atoms with van der Waals surface area (Å²) < 4.78 is 24.4. The smallest absolute Gasteiger partial charge is 0.231 e. The van der Waals surface area contributed by atoms with E-state index in [9.17, 15) is 18.4 Å². The first-order valence-corrected chi connectivity index (χ1v) is 10.7. The molecule has 2 aromatic rings. The zero-order valence-electron chi connectivity index (χ0n) is 15.1. The summed E-state index contributed by atoms with van der Waals surface area (Å²) in [4.78, 5) is 25.1. The van der Waals surface area contributed by atoms with Crippen LogP contribution in [0.3, 0.4) is 0 Å². The minimum atomic E-state index is -1.43. The Morgan fingerprint density at radius 3 is 2.40 bits per heavy atom. The zero-order valence-corrected chi connectivity index (χ0v) is 18.9. The van der Waals surface area contributed by atoms with Gasteiger partial charge in [-0.2, -0.15) is 0 Å². The third kappa shape index (κ3) is 4.56. The van der Waals surface area contributed by atoms with Gasteiger partial charge in [-0.25, -0.2) is 4.39 Å². The van der Waals surface area contributed by atoms with E-state index < -0.39 is 40.4 Å². The molecule has 1 aliphatic rings. The van der Waals surface area contributed by atoms with E-state index in [1.165, 1.54) is 30.3 Å². The van der Waals surface area contributed by atoms with Crippen LogP contribution in [0.4, 0.5) is 14.5 Å². The number of amides is 1. The van der Waals surface area contributed by atoms with E-state index in [1.54, 1.807) is 0 Å². The summed E-state index contributed by atoms with van der Waals surface area (Å²) in [5.74, 6) is -3.06. The van der Waals surface area contributed by atoms with Crippen LogP contribution in [0.15, 0.2) is 30.3 Å². The number of rotatable bonds is 7. The van der Waals surface area contributed by atoms with Gasteiger partial charge in [-0.1, -0.05) is 40.9 Å². The van der Waals surface area contributed by atoms with E-state index in [2.05, 4.69) is 5.32 Å². The number of anilines is 1. The standard InChI is InChI=1S/C20H14Cl5F2NO2/c21-10-4-6-13(18(23)15(10)14(29)2-1-7-26)28-19(30)17-16(20(17,24)25)9-3-5-12(27)11(22)8-9/h3-6,8,16-17H,1-2,7H2,(H,28,30). The van der Waals surface area contributed by atoms with Crippen LogP contribution in [-0.2, 0) is 4.79 Å². The maximum atomic E-state index is 13.4. The molecule has 0 heterocycles. The molecular weight excluding hydrogens is 501 g/mol. The van der Waals surface area contributed by atoms with Gasteiger partial charge in [-0.15, -0.1) is 23.2 Å². The predicted molar refractivity (Wildman–Crippen MR) is 117 cm³/mol. The molecule has 0 aromatic heterocycles. The van der Waals surface area contributed by atoms with Crippen molar-refractivity contribution in [3.8, 4) is 0 Å². The molecule has 0 radical (unpaired) electrons. The van der Waals surface area contributed by atoms with Crippen LogP contribution in [-0.4, -0.2) is 22.7 Å². The van der Waals surface area contributed by atoms with Gasteiger partial charge >= 0.3 is 0 Å². The van der Waals surface area contributed by atoms with Gasteiger partial charge in [-0.05, 0) is 36.2 Å². The van der Waals surface area contributed by atoms with Crippen LogP contribution in [0.25, 0.3) is 0 Å². The second-order valence-electron chi connectivity index (χ2n) is 6.79. The van der Waals surface area contributed by atoms with Gasteiger partial charge in [0.1, 0.15) is 10.2 Å². The summed E-state index contributed by atoms with van der Waals surface area (Å²) >= 11 is 30.7. The number of hydrogen-bond donors (Lipinski definition) is 1. The van der Waals surface area contributed by atoms with Gasteiger partial charge in [-0.3, -0.25) is 14.0 Å². The Morgan fingerprint density at radius 2 is 1.77 bits per heavy atom. The first-order valence-electron chi connectivity index (χ1n) is 8.80. The Bertz CT molecular complexity index is 1010. The molecule has 160 valence electrons. The third-order valence-electron chi connectivity index (χ3n) is 4.80. The van der Waals surface area contributed by atoms with Crippen molar-refractivity contribution in [1.29, 1.82) is 0 Å². The van der Waals surface area contributed by atoms with Crippen LogP contribution in [0.5, 0.6) is 0 Å². The molecular formula is C20H14Cl5F2NO2. The number of carbonyl (C=O) groups is 2. The van der Waals surface area contributed by atoms with Crippen LogP contribution in [0.1, 0.15) is 34.7 Å². The van der Waals surface area contributed by atoms with Crippen LogP contribution in [0.2, 0.25) is 15.1 Å². The molecule has 2 aromatic carbocycles. The SMILES string of the molecule is O=C(CCCF)c1c(Cl)ccc(NC(=O)C2C(c3ccc(F)c(Cl)c3)C2(Cl)Cl)c1Cl. The highest BCUT2D eigenvalue weighted by Crippen LogP contribution is 2.65. The van der Waals surface area contributed by atoms with E-state index in [4.69, 9.17) is 58.0 Å². The highest BCUT2D eigenvalue weighted by atomic mass is 35.5. The molecule has 1 aliphatic carbocycles. The summed E-state index contributed by atoms with van der Waals surface area (Å²) in [5, 5.41) is 2.52. The molecule has 0 saturated heterocycles. The molecule has 1 N–H and O–H groups in total. The Kier molecular flexibility index (Phi) is 7.20. The quantitative estimate of drug-likeness (QED) is 0.312. The Labute approximate surface area is 196 Å². The molecule has 0 aliphatic heterocycles. The second kappa shape index (κ2) is 9.17. The monoisotopic (exact) mass is 513 g/mol. The first-order chi connectivity index (χ1) is 14.1. The second-order valence-corrected chi connectivity index (χ2v) is 9.43. The number of nitrogens with one attached hydrogen (secondary N) is 1. The van der Waals surface area contributed by atoms with E-state index in [1.807, 2.05) is 0 Å². The highest BCUT2D eigenvalue weighted by Gasteiger charge is 2.67. The number of ketones is 1. The summed E-state index contributed by atoms with van der Waals surface area (Å²) in [5.41, 5.74) is 0.655. The van der Waals surface area contributed by atoms with Crippen LogP contribution < -0.4 is 5.32 Å². The van der Waals surface area contributed by atoms with Crippen molar-refractivity contribution in [2.24, 2.45) is 5.92 Å². The van der Waals surface area contributed by atoms with Gasteiger partial charge in [0.05, 0.1) is 38.9 Å². The largest absolute Gasteiger partial charge is 0.324 e. The number of halogens is 7. The molecule has 0 spiro atoms. The van der Waals surface area contributed by atoms with Crippen molar-refractivity contribution in [2.75, 3.05) is 12.0 Å². The van der Waals surface area contributed by atoms with Crippen LogP contribution in [0, 0.1) is 11.7 Å². The lowest BCUT2D eigenvalue weighted by molar-refractivity contribution is -0.117. The van der Waals surface area contributed by atoms with E-state index in [0.717, 1.165) is 0 Å².